The van der Waals surface area contributed by atoms with Gasteiger partial charge in [-0.15, -0.1) is 0 Å². The van der Waals surface area contributed by atoms with Crippen LogP contribution in [0.15, 0.2) is 24.3 Å². The van der Waals surface area contributed by atoms with Gasteiger partial charge in [-0.2, -0.15) is 0 Å². The van der Waals surface area contributed by atoms with Gasteiger partial charge in [-0.25, -0.2) is 12.7 Å². The van der Waals surface area contributed by atoms with Gasteiger partial charge in [-0.05, 0) is 30.7 Å². The SMILES string of the molecule is COc1cccc(CN2CCCN(S(C)(=O)=O)CC2)c1. The number of rotatable bonds is 4. The van der Waals surface area contributed by atoms with Crippen molar-refractivity contribution >= 4 is 10.0 Å². The molecule has 0 unspecified atom stereocenters. The Morgan fingerprint density at radius 1 is 1.20 bits per heavy atom. The van der Waals surface area contributed by atoms with Crippen LogP contribution < -0.4 is 4.74 Å². The van der Waals surface area contributed by atoms with Gasteiger partial charge < -0.3 is 4.74 Å². The maximum Gasteiger partial charge on any atom is 0.211 e. The summed E-state index contributed by atoms with van der Waals surface area (Å²) in [5, 5.41) is 0. The van der Waals surface area contributed by atoms with Crippen molar-refractivity contribution in [2.24, 2.45) is 0 Å². The number of benzene rings is 1. The molecule has 0 N–H and O–H groups in total. The molecule has 0 radical (unpaired) electrons. The number of hydrogen-bond donors (Lipinski definition) is 0. The van der Waals surface area contributed by atoms with Gasteiger partial charge in [-0.3, -0.25) is 4.90 Å². The summed E-state index contributed by atoms with van der Waals surface area (Å²) in [7, 11) is -1.41. The third-order valence-electron chi connectivity index (χ3n) is 3.56. The number of hydrogen-bond acceptors (Lipinski definition) is 4. The molecule has 1 aromatic carbocycles. The Labute approximate surface area is 121 Å². The number of methoxy groups -OCH3 is 1. The van der Waals surface area contributed by atoms with Crippen LogP contribution in [0.5, 0.6) is 5.75 Å². The molecule has 0 bridgehead atoms. The molecular formula is C14H22N2O3S. The number of nitrogens with zero attached hydrogens (tertiary/aromatic N) is 2. The van der Waals surface area contributed by atoms with Crippen molar-refractivity contribution in [1.82, 2.24) is 9.21 Å². The lowest BCUT2D eigenvalue weighted by Gasteiger charge is -2.20. The lowest BCUT2D eigenvalue weighted by Crippen LogP contribution is -2.34. The van der Waals surface area contributed by atoms with Crippen LogP contribution in [0.2, 0.25) is 0 Å². The molecule has 6 heteroatoms. The van der Waals surface area contributed by atoms with Crippen molar-refractivity contribution in [2.75, 3.05) is 39.5 Å². The van der Waals surface area contributed by atoms with Crippen LogP contribution in [-0.4, -0.2) is 57.2 Å². The summed E-state index contributed by atoms with van der Waals surface area (Å²) >= 11 is 0. The van der Waals surface area contributed by atoms with E-state index in [-0.39, 0.29) is 0 Å². The minimum absolute atomic E-state index is 0.572. The van der Waals surface area contributed by atoms with E-state index in [0.717, 1.165) is 31.8 Å². The van der Waals surface area contributed by atoms with Gasteiger partial charge in [-0.1, -0.05) is 12.1 Å². The fourth-order valence-corrected chi connectivity index (χ4v) is 3.34. The van der Waals surface area contributed by atoms with E-state index in [4.69, 9.17) is 4.74 Å². The van der Waals surface area contributed by atoms with E-state index < -0.39 is 10.0 Å². The lowest BCUT2D eigenvalue weighted by molar-refractivity contribution is 0.278. The second-order valence-electron chi connectivity index (χ2n) is 5.14. The molecule has 1 heterocycles. The monoisotopic (exact) mass is 298 g/mol. The molecule has 5 nitrogen and oxygen atoms in total. The van der Waals surface area contributed by atoms with Gasteiger partial charge >= 0.3 is 0 Å². The summed E-state index contributed by atoms with van der Waals surface area (Å²) in [5.74, 6) is 0.857. The maximum absolute atomic E-state index is 11.6. The summed E-state index contributed by atoms with van der Waals surface area (Å²) < 4.78 is 29.9. The quantitative estimate of drug-likeness (QED) is 0.837. The van der Waals surface area contributed by atoms with E-state index in [2.05, 4.69) is 11.0 Å². The molecule has 1 aromatic rings. The zero-order chi connectivity index (χ0) is 14.6. The highest BCUT2D eigenvalue weighted by Gasteiger charge is 2.21. The van der Waals surface area contributed by atoms with Crippen LogP contribution in [0.3, 0.4) is 0 Å². The van der Waals surface area contributed by atoms with Crippen LogP contribution in [0.1, 0.15) is 12.0 Å². The van der Waals surface area contributed by atoms with Crippen molar-refractivity contribution in [2.45, 2.75) is 13.0 Å². The van der Waals surface area contributed by atoms with E-state index in [0.29, 0.717) is 13.1 Å². The molecule has 0 spiro atoms. The van der Waals surface area contributed by atoms with Gasteiger partial charge in [0.25, 0.3) is 0 Å². The maximum atomic E-state index is 11.6. The summed E-state index contributed by atoms with van der Waals surface area (Å²) in [4.78, 5) is 2.29. The minimum atomic E-state index is -3.07. The van der Waals surface area contributed by atoms with Crippen molar-refractivity contribution < 1.29 is 13.2 Å². The molecule has 112 valence electrons. The highest BCUT2D eigenvalue weighted by molar-refractivity contribution is 7.88. The predicted octanol–water partition coefficient (Wildman–Crippen LogP) is 1.16. The Hall–Kier alpha value is -1.11. The first-order chi connectivity index (χ1) is 9.49. The Bertz CT molecular complexity index is 545. The number of ether oxygens (including phenoxy) is 1. The number of sulfonamides is 1. The first-order valence-electron chi connectivity index (χ1n) is 6.79. The zero-order valence-electron chi connectivity index (χ0n) is 12.1. The fraction of sp³-hybridized carbons (Fsp3) is 0.571. The third-order valence-corrected chi connectivity index (χ3v) is 4.86. The highest BCUT2D eigenvalue weighted by atomic mass is 32.2. The standard InChI is InChI=1S/C14H22N2O3S/c1-19-14-6-3-5-13(11-14)12-15-7-4-8-16(10-9-15)20(2,17)18/h3,5-6,11H,4,7-10,12H2,1-2H3. The highest BCUT2D eigenvalue weighted by Crippen LogP contribution is 2.16. The van der Waals surface area contributed by atoms with E-state index in [1.54, 1.807) is 11.4 Å². The van der Waals surface area contributed by atoms with Gasteiger partial charge in [0.05, 0.1) is 13.4 Å². The molecule has 0 aliphatic carbocycles. The molecular weight excluding hydrogens is 276 g/mol. The van der Waals surface area contributed by atoms with Crippen molar-refractivity contribution in [3.05, 3.63) is 29.8 Å². The van der Waals surface area contributed by atoms with Crippen LogP contribution in [-0.2, 0) is 16.6 Å². The first-order valence-corrected chi connectivity index (χ1v) is 8.64. The van der Waals surface area contributed by atoms with E-state index >= 15 is 0 Å². The first kappa shape index (κ1) is 15.3. The van der Waals surface area contributed by atoms with Crippen molar-refractivity contribution in [1.29, 1.82) is 0 Å². The topological polar surface area (TPSA) is 49.9 Å². The lowest BCUT2D eigenvalue weighted by atomic mass is 10.2. The average Bonchev–Trinajstić information content (AvgIpc) is 2.64. The van der Waals surface area contributed by atoms with E-state index in [1.165, 1.54) is 11.8 Å². The molecule has 0 saturated carbocycles. The van der Waals surface area contributed by atoms with Crippen LogP contribution in [0, 0.1) is 0 Å². The zero-order valence-corrected chi connectivity index (χ0v) is 12.9. The molecule has 0 aromatic heterocycles. The smallest absolute Gasteiger partial charge is 0.211 e. The molecule has 1 saturated heterocycles. The van der Waals surface area contributed by atoms with Crippen molar-refractivity contribution in [3.8, 4) is 5.75 Å². The fourth-order valence-electron chi connectivity index (χ4n) is 2.47. The Morgan fingerprint density at radius 3 is 2.70 bits per heavy atom. The van der Waals surface area contributed by atoms with E-state index in [9.17, 15) is 8.42 Å². The molecule has 1 aliphatic rings. The summed E-state index contributed by atoms with van der Waals surface area (Å²) in [6.45, 7) is 3.71. The molecule has 2 rings (SSSR count). The Balaban J connectivity index is 1.97. The molecule has 20 heavy (non-hydrogen) atoms. The third kappa shape index (κ3) is 4.19. The minimum Gasteiger partial charge on any atom is -0.497 e. The summed E-state index contributed by atoms with van der Waals surface area (Å²) in [6, 6.07) is 8.01. The molecule has 1 fully saturated rings. The second-order valence-corrected chi connectivity index (χ2v) is 7.13. The van der Waals surface area contributed by atoms with Crippen molar-refractivity contribution in [3.63, 3.8) is 0 Å². The Kier molecular flexibility index (Phi) is 5.01. The van der Waals surface area contributed by atoms with E-state index in [1.807, 2.05) is 18.2 Å². The molecule has 1 aliphatic heterocycles. The second kappa shape index (κ2) is 6.56. The molecule has 0 atom stereocenters. The van der Waals surface area contributed by atoms with Crippen LogP contribution in [0.4, 0.5) is 0 Å². The largest absolute Gasteiger partial charge is 0.497 e. The van der Waals surface area contributed by atoms with Crippen LogP contribution >= 0.6 is 0 Å². The van der Waals surface area contributed by atoms with Gasteiger partial charge in [0.1, 0.15) is 5.75 Å². The van der Waals surface area contributed by atoms with Gasteiger partial charge in [0.2, 0.25) is 10.0 Å². The predicted molar refractivity (Wildman–Crippen MR) is 79.3 cm³/mol. The summed E-state index contributed by atoms with van der Waals surface area (Å²) in [5.41, 5.74) is 1.19. The van der Waals surface area contributed by atoms with Gasteiger partial charge in [0, 0.05) is 26.2 Å². The van der Waals surface area contributed by atoms with Crippen LogP contribution in [0.25, 0.3) is 0 Å². The van der Waals surface area contributed by atoms with Gasteiger partial charge in [0.15, 0.2) is 0 Å². The molecule has 0 amide bonds. The summed E-state index contributed by atoms with van der Waals surface area (Å²) in [6.07, 6.45) is 2.15. The normalized spacial score (nSPS) is 18.7. The average molecular weight is 298 g/mol. The Morgan fingerprint density at radius 2 is 2.00 bits per heavy atom.